The van der Waals surface area contributed by atoms with Crippen molar-refractivity contribution in [2.75, 3.05) is 6.26 Å². The molecule has 0 radical (unpaired) electrons. The van der Waals surface area contributed by atoms with E-state index in [0.717, 1.165) is 11.3 Å². The van der Waals surface area contributed by atoms with E-state index in [-0.39, 0.29) is 6.42 Å². The molecule has 0 aliphatic carbocycles. The molecule has 1 aromatic carbocycles. The summed E-state index contributed by atoms with van der Waals surface area (Å²) in [6, 6.07) is 7.45. The zero-order valence-corrected chi connectivity index (χ0v) is 8.71. The topological polar surface area (TPSA) is 46.5 Å². The number of rotatable bonds is 5. The fraction of sp³-hybridized carbons (Fsp3) is 0.300. The van der Waals surface area contributed by atoms with Crippen LogP contribution in [-0.2, 0) is 11.2 Å². The standard InChI is InChI=1S/C10H12O3S/c1-14-13-9-5-2-8(3-6-9)4-7-10(11)12/h2-3,5-6H,4,7H2,1H3,(H,11,12). The highest BCUT2D eigenvalue weighted by Gasteiger charge is 1.99. The van der Waals surface area contributed by atoms with Gasteiger partial charge < -0.3 is 9.29 Å². The molecule has 0 heterocycles. The summed E-state index contributed by atoms with van der Waals surface area (Å²) in [4.78, 5) is 10.3. The van der Waals surface area contributed by atoms with Gasteiger partial charge >= 0.3 is 5.97 Å². The van der Waals surface area contributed by atoms with Gasteiger partial charge in [0.15, 0.2) is 0 Å². The Bertz CT molecular complexity index is 295. The minimum Gasteiger partial charge on any atom is -0.481 e. The molecule has 1 rings (SSSR count). The molecule has 0 aliphatic rings. The van der Waals surface area contributed by atoms with E-state index in [4.69, 9.17) is 9.29 Å². The Morgan fingerprint density at radius 2 is 2.07 bits per heavy atom. The second kappa shape index (κ2) is 5.54. The Labute approximate surface area is 87.3 Å². The molecule has 0 bridgehead atoms. The molecule has 14 heavy (non-hydrogen) atoms. The lowest BCUT2D eigenvalue weighted by molar-refractivity contribution is -0.136. The summed E-state index contributed by atoms with van der Waals surface area (Å²) in [7, 11) is 0. The zero-order chi connectivity index (χ0) is 10.4. The third-order valence-corrected chi connectivity index (χ3v) is 2.09. The maximum atomic E-state index is 10.3. The summed E-state index contributed by atoms with van der Waals surface area (Å²) in [5.41, 5.74) is 1.01. The molecule has 0 saturated heterocycles. The Hall–Kier alpha value is -1.16. The van der Waals surface area contributed by atoms with Gasteiger partial charge in [0.05, 0.1) is 12.0 Å². The van der Waals surface area contributed by atoms with Crippen LogP contribution < -0.4 is 4.18 Å². The Balaban J connectivity index is 2.50. The van der Waals surface area contributed by atoms with Gasteiger partial charge in [0.2, 0.25) is 0 Å². The highest BCUT2D eigenvalue weighted by atomic mass is 32.2. The average Bonchev–Trinajstić information content (AvgIpc) is 2.17. The van der Waals surface area contributed by atoms with Crippen molar-refractivity contribution in [2.24, 2.45) is 0 Å². The fourth-order valence-electron chi connectivity index (χ4n) is 1.06. The summed E-state index contributed by atoms with van der Waals surface area (Å²) in [6.07, 6.45) is 2.58. The van der Waals surface area contributed by atoms with Gasteiger partial charge in [-0.1, -0.05) is 12.1 Å². The van der Waals surface area contributed by atoms with Gasteiger partial charge in [-0.25, -0.2) is 0 Å². The van der Waals surface area contributed by atoms with E-state index < -0.39 is 5.97 Å². The minimum atomic E-state index is -0.769. The van der Waals surface area contributed by atoms with Crippen molar-refractivity contribution in [2.45, 2.75) is 12.8 Å². The predicted molar refractivity (Wildman–Crippen MR) is 56.5 cm³/mol. The van der Waals surface area contributed by atoms with Crippen molar-refractivity contribution in [1.82, 2.24) is 0 Å². The first-order valence-corrected chi connectivity index (χ1v) is 5.39. The van der Waals surface area contributed by atoms with E-state index in [1.165, 1.54) is 12.0 Å². The SMILES string of the molecule is CSOc1ccc(CCC(=O)O)cc1. The first kappa shape index (κ1) is 10.9. The molecule has 0 unspecified atom stereocenters. The summed E-state index contributed by atoms with van der Waals surface area (Å²) in [5, 5.41) is 8.49. The van der Waals surface area contributed by atoms with Crippen molar-refractivity contribution >= 4 is 18.0 Å². The Kier molecular flexibility index (Phi) is 4.32. The van der Waals surface area contributed by atoms with Gasteiger partial charge in [0.25, 0.3) is 0 Å². The van der Waals surface area contributed by atoms with Crippen LogP contribution in [0.2, 0.25) is 0 Å². The molecule has 4 heteroatoms. The van der Waals surface area contributed by atoms with Gasteiger partial charge in [0, 0.05) is 12.7 Å². The van der Waals surface area contributed by atoms with Crippen LogP contribution in [0.3, 0.4) is 0 Å². The molecule has 1 aromatic rings. The first-order chi connectivity index (χ1) is 6.72. The number of aliphatic carboxylic acids is 1. The largest absolute Gasteiger partial charge is 0.481 e. The monoisotopic (exact) mass is 212 g/mol. The van der Waals surface area contributed by atoms with Crippen LogP contribution in [0.4, 0.5) is 0 Å². The minimum absolute atomic E-state index is 0.169. The second-order valence-corrected chi connectivity index (χ2v) is 3.29. The lowest BCUT2D eigenvalue weighted by Gasteiger charge is -2.02. The highest BCUT2D eigenvalue weighted by Crippen LogP contribution is 2.16. The van der Waals surface area contributed by atoms with Crippen molar-refractivity contribution < 1.29 is 14.1 Å². The number of carboxylic acids is 1. The number of hydrogen-bond donors (Lipinski definition) is 1. The molecule has 3 nitrogen and oxygen atoms in total. The quantitative estimate of drug-likeness (QED) is 0.761. The number of carbonyl (C=O) groups is 1. The molecule has 0 aromatic heterocycles. The van der Waals surface area contributed by atoms with E-state index in [1.54, 1.807) is 0 Å². The molecule has 0 spiro atoms. The molecule has 0 aliphatic heterocycles. The maximum Gasteiger partial charge on any atom is 0.303 e. The third-order valence-electron chi connectivity index (χ3n) is 1.73. The molecule has 0 fully saturated rings. The number of aryl methyl sites for hydroxylation is 1. The van der Waals surface area contributed by atoms with Gasteiger partial charge in [-0.15, -0.1) is 0 Å². The normalized spacial score (nSPS) is 9.79. The lowest BCUT2D eigenvalue weighted by Crippen LogP contribution is -1.97. The first-order valence-electron chi connectivity index (χ1n) is 4.24. The number of hydrogen-bond acceptors (Lipinski definition) is 3. The van der Waals surface area contributed by atoms with Gasteiger partial charge in [-0.3, -0.25) is 4.79 Å². The molecule has 76 valence electrons. The predicted octanol–water partition coefficient (Wildman–Crippen LogP) is 2.36. The Morgan fingerprint density at radius 1 is 1.43 bits per heavy atom. The zero-order valence-electron chi connectivity index (χ0n) is 7.90. The van der Waals surface area contributed by atoms with E-state index in [1.807, 2.05) is 30.5 Å². The van der Waals surface area contributed by atoms with E-state index in [2.05, 4.69) is 0 Å². The van der Waals surface area contributed by atoms with E-state index in [0.29, 0.717) is 6.42 Å². The van der Waals surface area contributed by atoms with E-state index >= 15 is 0 Å². The number of carboxylic acid groups (broad SMARTS) is 1. The summed E-state index contributed by atoms with van der Waals surface area (Å²) >= 11 is 1.28. The second-order valence-electron chi connectivity index (χ2n) is 2.79. The van der Waals surface area contributed by atoms with Crippen LogP contribution in [0.25, 0.3) is 0 Å². The third kappa shape index (κ3) is 3.70. The molecule has 0 atom stereocenters. The highest BCUT2D eigenvalue weighted by molar-refractivity contribution is 7.94. The molecule has 0 saturated carbocycles. The van der Waals surface area contributed by atoms with Gasteiger partial charge in [0.1, 0.15) is 5.75 Å². The summed E-state index contributed by atoms with van der Waals surface area (Å²) in [5.74, 6) is 0.0195. The molecule has 0 amide bonds. The van der Waals surface area contributed by atoms with Crippen molar-refractivity contribution in [3.8, 4) is 5.75 Å². The Morgan fingerprint density at radius 3 is 2.57 bits per heavy atom. The van der Waals surface area contributed by atoms with Crippen LogP contribution in [0.5, 0.6) is 5.75 Å². The smallest absolute Gasteiger partial charge is 0.303 e. The van der Waals surface area contributed by atoms with Crippen LogP contribution in [0.15, 0.2) is 24.3 Å². The molecular weight excluding hydrogens is 200 g/mol. The van der Waals surface area contributed by atoms with Crippen LogP contribution in [0, 0.1) is 0 Å². The summed E-state index contributed by atoms with van der Waals surface area (Å²) < 4.78 is 5.19. The molecule has 1 N–H and O–H groups in total. The maximum absolute atomic E-state index is 10.3. The van der Waals surface area contributed by atoms with E-state index in [9.17, 15) is 4.79 Å². The van der Waals surface area contributed by atoms with Crippen molar-refractivity contribution in [3.05, 3.63) is 29.8 Å². The van der Waals surface area contributed by atoms with Crippen LogP contribution in [-0.4, -0.2) is 17.3 Å². The summed E-state index contributed by atoms with van der Waals surface area (Å²) in [6.45, 7) is 0. The van der Waals surface area contributed by atoms with Crippen molar-refractivity contribution in [3.63, 3.8) is 0 Å². The fourth-order valence-corrected chi connectivity index (χ4v) is 1.36. The van der Waals surface area contributed by atoms with Crippen LogP contribution >= 0.6 is 12.0 Å². The van der Waals surface area contributed by atoms with Crippen LogP contribution in [0.1, 0.15) is 12.0 Å². The lowest BCUT2D eigenvalue weighted by atomic mass is 10.1. The van der Waals surface area contributed by atoms with Gasteiger partial charge in [-0.2, -0.15) is 0 Å². The van der Waals surface area contributed by atoms with Crippen molar-refractivity contribution in [1.29, 1.82) is 0 Å². The molecular formula is C10H12O3S. The van der Waals surface area contributed by atoms with Gasteiger partial charge in [-0.05, 0) is 24.1 Å². The average molecular weight is 212 g/mol. The number of benzene rings is 1.